The number of rotatable bonds is 8. The van der Waals surface area contributed by atoms with Gasteiger partial charge in [0.2, 0.25) is 0 Å². The standard InChI is InChI=1S/C12H16O4/c1-6-14-9(3)8-12(13)16-11(5)10(4)15-7-2/h6-7,11H,1-4,8H2,5H3. The second kappa shape index (κ2) is 7.34. The lowest BCUT2D eigenvalue weighted by molar-refractivity contribution is -0.147. The third-order valence-corrected chi connectivity index (χ3v) is 1.59. The Morgan fingerprint density at radius 1 is 1.25 bits per heavy atom. The SMILES string of the molecule is C=COC(=C)CC(=O)OC(C)C(=C)OC=C. The Balaban J connectivity index is 4.04. The number of carbonyl (C=O) groups is 1. The Morgan fingerprint density at radius 2 is 1.81 bits per heavy atom. The van der Waals surface area contributed by atoms with Crippen molar-refractivity contribution >= 4 is 5.97 Å². The summed E-state index contributed by atoms with van der Waals surface area (Å²) in [5, 5.41) is 0. The molecule has 0 aliphatic rings. The molecule has 0 aromatic carbocycles. The fraction of sp³-hybridized carbons (Fsp3) is 0.250. The summed E-state index contributed by atoms with van der Waals surface area (Å²) in [7, 11) is 0. The van der Waals surface area contributed by atoms with Gasteiger partial charge in [-0.2, -0.15) is 0 Å². The fourth-order valence-corrected chi connectivity index (χ4v) is 0.828. The van der Waals surface area contributed by atoms with Crippen molar-refractivity contribution in [2.75, 3.05) is 0 Å². The van der Waals surface area contributed by atoms with Gasteiger partial charge in [0.05, 0.1) is 12.5 Å². The van der Waals surface area contributed by atoms with Gasteiger partial charge in [-0.25, -0.2) is 0 Å². The monoisotopic (exact) mass is 224 g/mol. The van der Waals surface area contributed by atoms with Crippen molar-refractivity contribution in [1.29, 1.82) is 0 Å². The smallest absolute Gasteiger partial charge is 0.314 e. The average molecular weight is 224 g/mol. The molecule has 0 saturated heterocycles. The maximum Gasteiger partial charge on any atom is 0.314 e. The van der Waals surface area contributed by atoms with Gasteiger partial charge in [0, 0.05) is 0 Å². The van der Waals surface area contributed by atoms with Crippen LogP contribution in [0.3, 0.4) is 0 Å². The molecule has 0 bridgehead atoms. The van der Waals surface area contributed by atoms with Crippen LogP contribution < -0.4 is 0 Å². The molecule has 0 amide bonds. The molecule has 0 aliphatic carbocycles. The van der Waals surface area contributed by atoms with Gasteiger partial charge in [-0.15, -0.1) is 0 Å². The third-order valence-electron chi connectivity index (χ3n) is 1.59. The highest BCUT2D eigenvalue weighted by Gasteiger charge is 2.14. The fourth-order valence-electron chi connectivity index (χ4n) is 0.828. The summed E-state index contributed by atoms with van der Waals surface area (Å²) in [5.74, 6) is 0.0919. The van der Waals surface area contributed by atoms with Gasteiger partial charge in [0.25, 0.3) is 0 Å². The molecule has 0 saturated carbocycles. The molecule has 1 unspecified atom stereocenters. The summed E-state index contributed by atoms with van der Waals surface area (Å²) < 4.78 is 14.7. The van der Waals surface area contributed by atoms with Crippen LogP contribution in [0.1, 0.15) is 13.3 Å². The second-order valence-corrected chi connectivity index (χ2v) is 2.88. The molecule has 0 fully saturated rings. The Kier molecular flexibility index (Phi) is 6.43. The first-order valence-corrected chi connectivity index (χ1v) is 4.62. The molecule has 88 valence electrons. The predicted molar refractivity (Wildman–Crippen MR) is 61.0 cm³/mol. The van der Waals surface area contributed by atoms with Crippen LogP contribution in [0.2, 0.25) is 0 Å². The van der Waals surface area contributed by atoms with Crippen molar-refractivity contribution in [3.05, 3.63) is 50.4 Å². The maximum absolute atomic E-state index is 11.3. The van der Waals surface area contributed by atoms with E-state index in [2.05, 4.69) is 26.3 Å². The number of hydrogen-bond donors (Lipinski definition) is 0. The average Bonchev–Trinajstić information content (AvgIpc) is 2.17. The van der Waals surface area contributed by atoms with Crippen molar-refractivity contribution in [1.82, 2.24) is 0 Å². The molecule has 0 spiro atoms. The number of esters is 1. The van der Waals surface area contributed by atoms with Crippen LogP contribution in [0, 0.1) is 0 Å². The third kappa shape index (κ3) is 5.70. The minimum absolute atomic E-state index is 0.0439. The van der Waals surface area contributed by atoms with Crippen molar-refractivity contribution in [2.45, 2.75) is 19.4 Å². The summed E-state index contributed by atoms with van der Waals surface area (Å²) in [6.45, 7) is 15.4. The zero-order valence-corrected chi connectivity index (χ0v) is 9.40. The molecule has 4 nitrogen and oxygen atoms in total. The van der Waals surface area contributed by atoms with E-state index in [4.69, 9.17) is 14.2 Å². The second-order valence-electron chi connectivity index (χ2n) is 2.88. The predicted octanol–water partition coefficient (Wildman–Crippen LogP) is 2.66. The van der Waals surface area contributed by atoms with E-state index < -0.39 is 12.1 Å². The minimum atomic E-state index is -0.554. The zero-order chi connectivity index (χ0) is 12.6. The zero-order valence-electron chi connectivity index (χ0n) is 9.40. The van der Waals surface area contributed by atoms with Crippen molar-refractivity contribution in [3.8, 4) is 0 Å². The van der Waals surface area contributed by atoms with Crippen LogP contribution in [-0.2, 0) is 19.0 Å². The molecule has 0 aromatic rings. The highest BCUT2D eigenvalue weighted by molar-refractivity contribution is 5.72. The van der Waals surface area contributed by atoms with Gasteiger partial charge >= 0.3 is 5.97 Å². The Morgan fingerprint density at radius 3 is 2.31 bits per heavy atom. The summed E-state index contributed by atoms with van der Waals surface area (Å²) >= 11 is 0. The van der Waals surface area contributed by atoms with Crippen LogP contribution in [0.4, 0.5) is 0 Å². The number of hydrogen-bond acceptors (Lipinski definition) is 4. The Bertz CT molecular complexity index is 304. The van der Waals surface area contributed by atoms with Crippen LogP contribution in [0.15, 0.2) is 50.4 Å². The lowest BCUT2D eigenvalue weighted by Gasteiger charge is -2.14. The first kappa shape index (κ1) is 14.0. The number of carbonyl (C=O) groups excluding carboxylic acids is 1. The van der Waals surface area contributed by atoms with Gasteiger partial charge in [0.15, 0.2) is 6.10 Å². The van der Waals surface area contributed by atoms with Crippen LogP contribution in [0.5, 0.6) is 0 Å². The van der Waals surface area contributed by atoms with E-state index in [1.807, 2.05) is 0 Å². The highest BCUT2D eigenvalue weighted by atomic mass is 16.6. The quantitative estimate of drug-likeness (QED) is 0.469. The van der Waals surface area contributed by atoms with E-state index in [9.17, 15) is 4.79 Å². The van der Waals surface area contributed by atoms with Crippen molar-refractivity contribution in [2.24, 2.45) is 0 Å². The largest absolute Gasteiger partial charge is 0.470 e. The molecule has 16 heavy (non-hydrogen) atoms. The Hall–Kier alpha value is -1.97. The van der Waals surface area contributed by atoms with Gasteiger partial charge < -0.3 is 14.2 Å². The molecular weight excluding hydrogens is 208 g/mol. The van der Waals surface area contributed by atoms with Crippen molar-refractivity contribution < 1.29 is 19.0 Å². The van der Waals surface area contributed by atoms with Gasteiger partial charge in [-0.05, 0) is 6.92 Å². The van der Waals surface area contributed by atoms with E-state index in [1.54, 1.807) is 6.92 Å². The van der Waals surface area contributed by atoms with E-state index in [0.29, 0.717) is 5.76 Å². The van der Waals surface area contributed by atoms with Crippen LogP contribution in [-0.4, -0.2) is 12.1 Å². The number of ether oxygens (including phenoxy) is 3. The normalized spacial score (nSPS) is 10.8. The maximum atomic E-state index is 11.3. The summed E-state index contributed by atoms with van der Waals surface area (Å²) in [4.78, 5) is 11.3. The lowest BCUT2D eigenvalue weighted by atomic mass is 10.3. The molecule has 0 aliphatic heterocycles. The molecule has 0 radical (unpaired) electrons. The van der Waals surface area contributed by atoms with Crippen LogP contribution >= 0.6 is 0 Å². The lowest BCUT2D eigenvalue weighted by Crippen LogP contribution is -2.17. The molecule has 4 heteroatoms. The van der Waals surface area contributed by atoms with E-state index in [-0.39, 0.29) is 12.2 Å². The van der Waals surface area contributed by atoms with E-state index >= 15 is 0 Å². The van der Waals surface area contributed by atoms with Crippen LogP contribution in [0.25, 0.3) is 0 Å². The van der Waals surface area contributed by atoms with Gasteiger partial charge in [-0.3, -0.25) is 4.79 Å². The summed E-state index contributed by atoms with van der Waals surface area (Å²) in [6, 6.07) is 0. The molecular formula is C12H16O4. The first-order valence-electron chi connectivity index (χ1n) is 4.62. The summed E-state index contributed by atoms with van der Waals surface area (Å²) in [6.07, 6.45) is 1.81. The Labute approximate surface area is 95.5 Å². The summed E-state index contributed by atoms with van der Waals surface area (Å²) in [5.41, 5.74) is 0. The molecule has 0 rings (SSSR count). The minimum Gasteiger partial charge on any atom is -0.470 e. The van der Waals surface area contributed by atoms with Gasteiger partial charge in [0.1, 0.15) is 17.9 Å². The molecule has 0 N–H and O–H groups in total. The van der Waals surface area contributed by atoms with Crippen molar-refractivity contribution in [3.63, 3.8) is 0 Å². The van der Waals surface area contributed by atoms with E-state index in [1.165, 1.54) is 12.5 Å². The first-order chi connectivity index (χ1) is 7.51. The molecule has 0 heterocycles. The highest BCUT2D eigenvalue weighted by Crippen LogP contribution is 2.09. The topological polar surface area (TPSA) is 44.8 Å². The molecule has 1 atom stereocenters. The van der Waals surface area contributed by atoms with Gasteiger partial charge in [-0.1, -0.05) is 26.3 Å². The van der Waals surface area contributed by atoms with E-state index in [0.717, 1.165) is 0 Å². The molecule has 0 aromatic heterocycles.